The van der Waals surface area contributed by atoms with Gasteiger partial charge in [-0.15, -0.1) is 0 Å². The van der Waals surface area contributed by atoms with E-state index in [4.69, 9.17) is 0 Å². The monoisotopic (exact) mass is 374 g/mol. The van der Waals surface area contributed by atoms with Gasteiger partial charge in [0.1, 0.15) is 0 Å². The second-order valence-electron chi connectivity index (χ2n) is 6.03. The van der Waals surface area contributed by atoms with Crippen molar-refractivity contribution in [3.05, 3.63) is 31.9 Å². The van der Waals surface area contributed by atoms with Crippen LogP contribution in [0.25, 0.3) is 0 Å². The molecule has 5 heteroatoms. The molecule has 1 aliphatic rings. The summed E-state index contributed by atoms with van der Waals surface area (Å²) in [5, 5.41) is 14.3. The fourth-order valence-electron chi connectivity index (χ4n) is 2.80. The molecule has 0 saturated heterocycles. The van der Waals surface area contributed by atoms with Gasteiger partial charge in [-0.1, -0.05) is 20.3 Å². The zero-order chi connectivity index (χ0) is 14.0. The highest BCUT2D eigenvalue weighted by Gasteiger charge is 2.27. The Bertz CT molecular complexity index is 488. The quantitative estimate of drug-likeness (QED) is 0.479. The smallest absolute Gasteiger partial charge is 0.282 e. The van der Waals surface area contributed by atoms with Crippen LogP contribution >= 0.6 is 22.6 Å². The van der Waals surface area contributed by atoms with Crippen LogP contribution in [0.1, 0.15) is 39.5 Å². The summed E-state index contributed by atoms with van der Waals surface area (Å²) in [5.41, 5.74) is 1.55. The molecule has 0 heterocycles. The Morgan fingerprint density at radius 2 is 2.21 bits per heavy atom. The minimum Gasteiger partial charge on any atom is -0.382 e. The maximum absolute atomic E-state index is 10.8. The third kappa shape index (κ3) is 3.81. The van der Waals surface area contributed by atoms with Gasteiger partial charge in [-0.25, -0.2) is 0 Å². The maximum Gasteiger partial charge on any atom is 0.282 e. The first-order chi connectivity index (χ1) is 8.87. The Morgan fingerprint density at radius 1 is 1.47 bits per heavy atom. The predicted octanol–water partition coefficient (Wildman–Crippen LogP) is 4.58. The normalized spacial score (nSPS) is 21.9. The van der Waals surface area contributed by atoms with Gasteiger partial charge in [-0.3, -0.25) is 10.1 Å². The van der Waals surface area contributed by atoms with Gasteiger partial charge < -0.3 is 5.32 Å². The molecular weight excluding hydrogens is 355 g/mol. The van der Waals surface area contributed by atoms with Gasteiger partial charge in [-0.05, 0) is 59.4 Å². The van der Waals surface area contributed by atoms with Crippen molar-refractivity contribution in [1.82, 2.24) is 0 Å². The van der Waals surface area contributed by atoms with Crippen molar-refractivity contribution >= 4 is 34.0 Å². The number of rotatable bonds is 3. The van der Waals surface area contributed by atoms with E-state index in [1.54, 1.807) is 6.07 Å². The van der Waals surface area contributed by atoms with Crippen molar-refractivity contribution < 1.29 is 4.92 Å². The summed E-state index contributed by atoms with van der Waals surface area (Å²) >= 11 is 2.02. The summed E-state index contributed by atoms with van der Waals surface area (Å²) in [6.07, 6.45) is 4.86. The highest BCUT2D eigenvalue weighted by Crippen LogP contribution is 2.36. The highest BCUT2D eigenvalue weighted by molar-refractivity contribution is 14.1. The number of nitrogens with zero attached hydrogens (tertiary/aromatic N) is 1. The molecule has 1 N–H and O–H groups in total. The first-order valence-electron chi connectivity index (χ1n) is 6.58. The average Bonchev–Trinajstić information content (AvgIpc) is 2.27. The summed E-state index contributed by atoms with van der Waals surface area (Å²) < 4.78 is 0.683. The molecule has 1 saturated carbocycles. The van der Waals surface area contributed by atoms with Gasteiger partial charge in [-0.2, -0.15) is 0 Å². The molecule has 0 aromatic heterocycles. The number of nitrogens with one attached hydrogen (secondary N) is 1. The third-order valence-electron chi connectivity index (χ3n) is 3.72. The van der Waals surface area contributed by atoms with E-state index in [9.17, 15) is 10.1 Å². The molecule has 1 unspecified atom stereocenters. The van der Waals surface area contributed by atoms with Crippen molar-refractivity contribution in [2.75, 3.05) is 5.32 Å². The largest absolute Gasteiger partial charge is 0.382 e. The van der Waals surface area contributed by atoms with Crippen molar-refractivity contribution in [3.63, 3.8) is 0 Å². The van der Waals surface area contributed by atoms with Crippen molar-refractivity contribution in [3.8, 4) is 0 Å². The molecule has 1 aromatic rings. The second kappa shape index (κ2) is 5.64. The van der Waals surface area contributed by atoms with Crippen LogP contribution < -0.4 is 5.32 Å². The first kappa shape index (κ1) is 14.6. The zero-order valence-electron chi connectivity index (χ0n) is 11.3. The highest BCUT2D eigenvalue weighted by atomic mass is 127. The van der Waals surface area contributed by atoms with Crippen LogP contribution in [0.2, 0.25) is 0 Å². The molecule has 4 nitrogen and oxygen atoms in total. The van der Waals surface area contributed by atoms with E-state index in [0.29, 0.717) is 15.0 Å². The summed E-state index contributed by atoms with van der Waals surface area (Å²) in [7, 11) is 0. The Morgan fingerprint density at radius 3 is 2.79 bits per heavy atom. The van der Waals surface area contributed by atoms with Crippen molar-refractivity contribution in [2.45, 2.75) is 45.6 Å². The summed E-state index contributed by atoms with van der Waals surface area (Å²) in [6.45, 7) is 4.61. The third-order valence-corrected chi connectivity index (χ3v) is 4.58. The molecule has 2 rings (SSSR count). The predicted molar refractivity (Wildman–Crippen MR) is 85.5 cm³/mol. The van der Waals surface area contributed by atoms with Crippen LogP contribution in [0.4, 0.5) is 11.4 Å². The topological polar surface area (TPSA) is 55.2 Å². The summed E-state index contributed by atoms with van der Waals surface area (Å²) in [5.74, 6) is 0. The molecule has 1 fully saturated rings. The SMILES string of the molecule is CC1(C)CCCC(Nc2ccc([N+](=O)[O-])c(I)c2)C1. The van der Waals surface area contributed by atoms with Gasteiger partial charge in [0.15, 0.2) is 0 Å². The lowest BCUT2D eigenvalue weighted by molar-refractivity contribution is -0.385. The van der Waals surface area contributed by atoms with E-state index in [2.05, 4.69) is 19.2 Å². The number of benzene rings is 1. The Kier molecular flexibility index (Phi) is 4.32. The fraction of sp³-hybridized carbons (Fsp3) is 0.571. The van der Waals surface area contributed by atoms with Crippen LogP contribution in [-0.4, -0.2) is 11.0 Å². The molecule has 1 aromatic carbocycles. The van der Waals surface area contributed by atoms with E-state index in [0.717, 1.165) is 12.1 Å². The molecule has 0 amide bonds. The van der Waals surface area contributed by atoms with Gasteiger partial charge in [0, 0.05) is 17.8 Å². The molecule has 1 aliphatic carbocycles. The molecule has 0 spiro atoms. The van der Waals surface area contributed by atoms with Gasteiger partial charge in [0.05, 0.1) is 8.49 Å². The second-order valence-corrected chi connectivity index (χ2v) is 7.19. The van der Waals surface area contributed by atoms with Gasteiger partial charge in [0.25, 0.3) is 5.69 Å². The van der Waals surface area contributed by atoms with E-state index in [-0.39, 0.29) is 10.6 Å². The Hall–Kier alpha value is -0.850. The lowest BCUT2D eigenvalue weighted by Gasteiger charge is -2.36. The average molecular weight is 374 g/mol. The lowest BCUT2D eigenvalue weighted by atomic mass is 9.75. The van der Waals surface area contributed by atoms with Crippen molar-refractivity contribution in [1.29, 1.82) is 0 Å². The van der Waals surface area contributed by atoms with Gasteiger partial charge >= 0.3 is 0 Å². The number of anilines is 1. The summed E-state index contributed by atoms with van der Waals surface area (Å²) in [6, 6.07) is 5.72. The Labute approximate surface area is 127 Å². The van der Waals surface area contributed by atoms with Crippen LogP contribution in [0.5, 0.6) is 0 Å². The maximum atomic E-state index is 10.8. The molecule has 0 radical (unpaired) electrons. The van der Waals surface area contributed by atoms with Crippen LogP contribution in [0.3, 0.4) is 0 Å². The minimum absolute atomic E-state index is 0.176. The molecular formula is C14H19IN2O2. The molecule has 19 heavy (non-hydrogen) atoms. The van der Waals surface area contributed by atoms with Crippen LogP contribution in [-0.2, 0) is 0 Å². The molecule has 1 atom stereocenters. The Balaban J connectivity index is 2.07. The number of nitro groups is 1. The standard InChI is InChI=1S/C14H19IN2O2/c1-14(2)7-3-4-11(9-14)16-10-5-6-13(17(18)19)12(15)8-10/h5-6,8,11,16H,3-4,7,9H2,1-2H3. The lowest BCUT2D eigenvalue weighted by Crippen LogP contribution is -2.31. The van der Waals surface area contributed by atoms with Gasteiger partial charge in [0.2, 0.25) is 0 Å². The minimum atomic E-state index is -0.338. The number of nitro benzene ring substituents is 1. The zero-order valence-corrected chi connectivity index (χ0v) is 13.4. The molecule has 104 valence electrons. The van der Waals surface area contributed by atoms with Crippen LogP contribution in [0, 0.1) is 19.1 Å². The number of hydrogen-bond donors (Lipinski definition) is 1. The van der Waals surface area contributed by atoms with E-state index >= 15 is 0 Å². The van der Waals surface area contributed by atoms with E-state index in [1.807, 2.05) is 34.7 Å². The summed E-state index contributed by atoms with van der Waals surface area (Å²) in [4.78, 5) is 10.5. The van der Waals surface area contributed by atoms with E-state index in [1.165, 1.54) is 19.3 Å². The van der Waals surface area contributed by atoms with Crippen molar-refractivity contribution in [2.24, 2.45) is 5.41 Å². The van der Waals surface area contributed by atoms with E-state index < -0.39 is 0 Å². The fourth-order valence-corrected chi connectivity index (χ4v) is 3.51. The number of halogens is 1. The molecule has 0 aliphatic heterocycles. The van der Waals surface area contributed by atoms with Crippen LogP contribution in [0.15, 0.2) is 18.2 Å². The number of hydrogen-bond acceptors (Lipinski definition) is 3. The molecule has 0 bridgehead atoms. The first-order valence-corrected chi connectivity index (χ1v) is 7.66.